The Morgan fingerprint density at radius 1 is 1.00 bits per heavy atom. The zero-order valence-corrected chi connectivity index (χ0v) is 19.6. The number of rotatable bonds is 8. The van der Waals surface area contributed by atoms with Crippen LogP contribution in [0.5, 0.6) is 5.75 Å². The molecule has 3 aromatic carbocycles. The highest BCUT2D eigenvalue weighted by Crippen LogP contribution is 2.40. The van der Waals surface area contributed by atoms with Crippen LogP contribution in [0.2, 0.25) is 0 Å². The van der Waals surface area contributed by atoms with Crippen LogP contribution in [-0.2, 0) is 16.2 Å². The number of nitrogens with zero attached hydrogens (tertiary/aromatic N) is 2. The minimum absolute atomic E-state index is 0.0272. The summed E-state index contributed by atoms with van der Waals surface area (Å²) in [6.07, 6.45) is 0. The summed E-state index contributed by atoms with van der Waals surface area (Å²) in [6, 6.07) is 21.3. The van der Waals surface area contributed by atoms with Gasteiger partial charge < -0.3 is 19.6 Å². The monoisotopic (exact) mass is 474 g/mol. The van der Waals surface area contributed by atoms with Crippen molar-refractivity contribution < 1.29 is 23.8 Å². The lowest BCUT2D eigenvalue weighted by Crippen LogP contribution is -2.35. The van der Waals surface area contributed by atoms with Crippen LogP contribution in [0.15, 0.2) is 84.4 Å². The third-order valence-corrected chi connectivity index (χ3v) is 5.87. The van der Waals surface area contributed by atoms with Gasteiger partial charge in [-0.15, -0.1) is 0 Å². The number of Topliss-reactive ketones (excluding diaryl/α,β-unsaturated/α-hetero) is 1. The number of halogens is 1. The summed E-state index contributed by atoms with van der Waals surface area (Å²) >= 11 is 0. The van der Waals surface area contributed by atoms with Gasteiger partial charge >= 0.3 is 0 Å². The van der Waals surface area contributed by atoms with E-state index in [1.807, 2.05) is 49.3 Å². The van der Waals surface area contributed by atoms with Crippen molar-refractivity contribution in [2.75, 3.05) is 27.2 Å². The molecule has 1 N–H and O–H groups in total. The average Bonchev–Trinajstić information content (AvgIpc) is 3.12. The molecule has 7 heteroatoms. The van der Waals surface area contributed by atoms with Gasteiger partial charge in [0.25, 0.3) is 11.7 Å². The van der Waals surface area contributed by atoms with Crippen molar-refractivity contribution in [1.29, 1.82) is 0 Å². The first-order chi connectivity index (χ1) is 16.8. The second-order valence-corrected chi connectivity index (χ2v) is 8.65. The number of likely N-dealkylation sites (tertiary alicyclic amines) is 1. The lowest BCUT2D eigenvalue weighted by molar-refractivity contribution is -0.140. The lowest BCUT2D eigenvalue weighted by atomic mass is 9.95. The molecule has 0 bridgehead atoms. The fourth-order valence-corrected chi connectivity index (χ4v) is 4.04. The predicted octanol–water partition coefficient (Wildman–Crippen LogP) is 4.39. The normalized spacial score (nSPS) is 17.3. The Labute approximate surface area is 203 Å². The van der Waals surface area contributed by atoms with Gasteiger partial charge in [0.2, 0.25) is 0 Å². The molecule has 1 aliphatic heterocycles. The number of ether oxygens (including phenoxy) is 1. The number of hydrogen-bond acceptors (Lipinski definition) is 5. The summed E-state index contributed by atoms with van der Waals surface area (Å²) in [7, 11) is 3.75. The van der Waals surface area contributed by atoms with E-state index in [9.17, 15) is 19.1 Å². The van der Waals surface area contributed by atoms with E-state index >= 15 is 0 Å². The molecule has 1 saturated heterocycles. The molecule has 3 aromatic rings. The van der Waals surface area contributed by atoms with Crippen molar-refractivity contribution in [3.8, 4) is 5.75 Å². The number of likely N-dealkylation sites (N-methyl/N-ethyl adjacent to an activating group) is 1. The molecule has 0 radical (unpaired) electrons. The molecule has 0 saturated carbocycles. The van der Waals surface area contributed by atoms with Gasteiger partial charge in [0.15, 0.2) is 0 Å². The minimum atomic E-state index is -0.805. The van der Waals surface area contributed by atoms with E-state index in [2.05, 4.69) is 0 Å². The lowest BCUT2D eigenvalue weighted by Gasteiger charge is -2.27. The van der Waals surface area contributed by atoms with Gasteiger partial charge in [0.05, 0.1) is 11.6 Å². The number of carbonyl (C=O) groups is 2. The van der Waals surface area contributed by atoms with Gasteiger partial charge in [-0.25, -0.2) is 4.39 Å². The molecule has 180 valence electrons. The van der Waals surface area contributed by atoms with Crippen LogP contribution in [0.4, 0.5) is 4.39 Å². The number of aliphatic hydroxyl groups is 1. The molecule has 1 fully saturated rings. The molecule has 6 nitrogen and oxygen atoms in total. The van der Waals surface area contributed by atoms with E-state index in [0.29, 0.717) is 24.5 Å². The van der Waals surface area contributed by atoms with Gasteiger partial charge in [-0.1, -0.05) is 42.5 Å². The molecule has 1 atom stereocenters. The van der Waals surface area contributed by atoms with E-state index in [0.717, 1.165) is 5.56 Å². The molecule has 0 aliphatic carbocycles. The second-order valence-electron chi connectivity index (χ2n) is 8.65. The van der Waals surface area contributed by atoms with Crippen LogP contribution in [0.3, 0.4) is 0 Å². The fourth-order valence-electron chi connectivity index (χ4n) is 4.04. The molecule has 1 aliphatic rings. The van der Waals surface area contributed by atoms with Crippen molar-refractivity contribution in [3.05, 3.63) is 107 Å². The largest absolute Gasteiger partial charge is 0.507 e. The third kappa shape index (κ3) is 5.41. The summed E-state index contributed by atoms with van der Waals surface area (Å²) in [4.78, 5) is 29.5. The predicted molar refractivity (Wildman–Crippen MR) is 131 cm³/mol. The van der Waals surface area contributed by atoms with E-state index < -0.39 is 23.5 Å². The van der Waals surface area contributed by atoms with Crippen LogP contribution in [0.1, 0.15) is 22.7 Å². The molecule has 1 heterocycles. The first-order valence-electron chi connectivity index (χ1n) is 11.3. The topological polar surface area (TPSA) is 70.1 Å². The summed E-state index contributed by atoms with van der Waals surface area (Å²) in [6.45, 7) is 1.18. The molecule has 1 unspecified atom stereocenters. The van der Waals surface area contributed by atoms with Gasteiger partial charge in [0, 0.05) is 18.7 Å². The molecule has 1 amide bonds. The first kappa shape index (κ1) is 24.2. The Morgan fingerprint density at radius 3 is 2.40 bits per heavy atom. The number of ketones is 1. The standard InChI is InChI=1S/C28H27FN2O4/c1-30(2)15-16-31-25(21-9-6-10-23(17-21)35-18-19-7-4-3-5-8-19)24(27(33)28(31)34)26(32)20-11-13-22(29)14-12-20/h3-14,17,25,32H,15-16,18H2,1-2H3/b26-24+. The summed E-state index contributed by atoms with van der Waals surface area (Å²) in [5.74, 6) is -1.68. The Bertz CT molecular complexity index is 1240. The highest BCUT2D eigenvalue weighted by molar-refractivity contribution is 6.46. The Hall–Kier alpha value is -3.97. The van der Waals surface area contributed by atoms with Crippen LogP contribution >= 0.6 is 0 Å². The van der Waals surface area contributed by atoms with E-state index in [1.165, 1.54) is 29.2 Å². The van der Waals surface area contributed by atoms with Gasteiger partial charge in [-0.2, -0.15) is 0 Å². The van der Waals surface area contributed by atoms with E-state index in [4.69, 9.17) is 4.74 Å². The zero-order chi connectivity index (χ0) is 24.9. The zero-order valence-electron chi connectivity index (χ0n) is 19.6. The molecule has 0 aromatic heterocycles. The summed E-state index contributed by atoms with van der Waals surface area (Å²) in [5, 5.41) is 11.1. The first-order valence-corrected chi connectivity index (χ1v) is 11.3. The quantitative estimate of drug-likeness (QED) is 0.298. The minimum Gasteiger partial charge on any atom is -0.507 e. The Balaban J connectivity index is 1.73. The summed E-state index contributed by atoms with van der Waals surface area (Å²) in [5.41, 5.74) is 1.88. The Kier molecular flexibility index (Phi) is 7.27. The molecule has 4 rings (SSSR count). The highest BCUT2D eigenvalue weighted by Gasteiger charge is 2.46. The molecule has 0 spiro atoms. The van der Waals surface area contributed by atoms with Crippen molar-refractivity contribution >= 4 is 17.4 Å². The van der Waals surface area contributed by atoms with Crippen molar-refractivity contribution in [3.63, 3.8) is 0 Å². The fraction of sp³-hybridized carbons (Fsp3) is 0.214. The van der Waals surface area contributed by atoms with E-state index in [-0.39, 0.29) is 23.4 Å². The number of amides is 1. The smallest absolute Gasteiger partial charge is 0.295 e. The van der Waals surface area contributed by atoms with Gasteiger partial charge in [-0.3, -0.25) is 9.59 Å². The van der Waals surface area contributed by atoms with Gasteiger partial charge in [-0.05, 0) is 61.6 Å². The maximum Gasteiger partial charge on any atom is 0.295 e. The van der Waals surface area contributed by atoms with Crippen LogP contribution in [0.25, 0.3) is 5.76 Å². The Morgan fingerprint density at radius 2 is 1.71 bits per heavy atom. The number of aliphatic hydroxyl groups excluding tert-OH is 1. The molecular weight excluding hydrogens is 447 g/mol. The van der Waals surface area contributed by atoms with Gasteiger partial charge in [0.1, 0.15) is 23.9 Å². The number of carbonyl (C=O) groups excluding carboxylic acids is 2. The van der Waals surface area contributed by atoms with Crippen molar-refractivity contribution in [2.45, 2.75) is 12.6 Å². The summed E-state index contributed by atoms with van der Waals surface area (Å²) < 4.78 is 19.4. The van der Waals surface area contributed by atoms with Crippen LogP contribution in [0, 0.1) is 5.82 Å². The van der Waals surface area contributed by atoms with Crippen LogP contribution in [-0.4, -0.2) is 53.8 Å². The third-order valence-electron chi connectivity index (χ3n) is 5.87. The van der Waals surface area contributed by atoms with Crippen molar-refractivity contribution in [2.24, 2.45) is 0 Å². The highest BCUT2D eigenvalue weighted by atomic mass is 19.1. The number of hydrogen-bond donors (Lipinski definition) is 1. The maximum atomic E-state index is 13.4. The molecule has 35 heavy (non-hydrogen) atoms. The maximum absolute atomic E-state index is 13.4. The average molecular weight is 475 g/mol. The molecular formula is C28H27FN2O4. The second kappa shape index (κ2) is 10.5. The SMILES string of the molecule is CN(C)CCN1C(=O)C(=O)/C(=C(/O)c2ccc(F)cc2)C1c1cccc(OCc2ccccc2)c1. The number of benzene rings is 3. The van der Waals surface area contributed by atoms with E-state index in [1.54, 1.807) is 24.3 Å². The van der Waals surface area contributed by atoms with Crippen LogP contribution < -0.4 is 4.74 Å². The van der Waals surface area contributed by atoms with Crippen molar-refractivity contribution in [1.82, 2.24) is 9.80 Å².